The SMILES string of the molecule is CCOC(=O)c1cnn(-c2cccc(-c3sc(C)cc3COc3ccc(C4=CCN(C(=O)OC(C)(C)C)CC4)c(CO)c3)n2)c1C(F)(F)F. The fourth-order valence-electron chi connectivity index (χ4n) is 5.38. The molecular formula is C35H37F3N4O6S. The minimum absolute atomic E-state index is 0.0859. The number of carbonyl (C=O) groups is 2. The first kappa shape index (κ1) is 35.6. The molecule has 0 fully saturated rings. The molecule has 14 heteroatoms. The first-order valence-electron chi connectivity index (χ1n) is 15.6. The Labute approximate surface area is 285 Å². The van der Waals surface area contributed by atoms with E-state index in [9.17, 15) is 27.9 Å². The number of nitrogens with zero attached hydrogens (tertiary/aromatic N) is 4. The van der Waals surface area contributed by atoms with Crippen molar-refractivity contribution in [3.63, 3.8) is 0 Å². The number of aliphatic hydroxyl groups excluding tert-OH is 1. The highest BCUT2D eigenvalue weighted by molar-refractivity contribution is 7.15. The van der Waals surface area contributed by atoms with Gasteiger partial charge in [0.15, 0.2) is 11.5 Å². The molecule has 0 spiro atoms. The van der Waals surface area contributed by atoms with Crippen molar-refractivity contribution in [3.8, 4) is 22.1 Å². The van der Waals surface area contributed by atoms with Crippen LogP contribution in [0.3, 0.4) is 0 Å². The maximum atomic E-state index is 14.1. The largest absolute Gasteiger partial charge is 0.489 e. The minimum atomic E-state index is -4.90. The Morgan fingerprint density at radius 3 is 2.51 bits per heavy atom. The first-order valence-corrected chi connectivity index (χ1v) is 16.4. The van der Waals surface area contributed by atoms with Crippen molar-refractivity contribution in [1.82, 2.24) is 19.7 Å². The van der Waals surface area contributed by atoms with Gasteiger partial charge in [-0.15, -0.1) is 11.3 Å². The Morgan fingerprint density at radius 1 is 1.08 bits per heavy atom. The molecule has 10 nitrogen and oxygen atoms in total. The summed E-state index contributed by atoms with van der Waals surface area (Å²) in [6, 6.07) is 12.0. The zero-order valence-corrected chi connectivity index (χ0v) is 28.6. The summed E-state index contributed by atoms with van der Waals surface area (Å²) in [5.74, 6) is -0.718. The third-order valence-corrected chi connectivity index (χ3v) is 8.61. The average molecular weight is 699 g/mol. The van der Waals surface area contributed by atoms with E-state index >= 15 is 0 Å². The summed E-state index contributed by atoms with van der Waals surface area (Å²) < 4.78 is 59.4. The molecule has 1 amide bonds. The number of esters is 1. The first-order chi connectivity index (χ1) is 23.2. The summed E-state index contributed by atoms with van der Waals surface area (Å²) in [5.41, 5.74) is 1.18. The normalized spacial score (nSPS) is 13.7. The Bertz CT molecular complexity index is 1880. The molecule has 1 aromatic carbocycles. The number of alkyl halides is 3. The van der Waals surface area contributed by atoms with Gasteiger partial charge in [0.05, 0.1) is 30.0 Å². The highest BCUT2D eigenvalue weighted by atomic mass is 32.1. The summed E-state index contributed by atoms with van der Waals surface area (Å²) in [6.45, 7) is 9.60. The number of rotatable bonds is 9. The molecule has 0 atom stereocenters. The number of amides is 1. The molecule has 5 rings (SSSR count). The van der Waals surface area contributed by atoms with Crippen LogP contribution in [0.2, 0.25) is 0 Å². The maximum Gasteiger partial charge on any atom is 0.434 e. The molecule has 0 unspecified atom stereocenters. The van der Waals surface area contributed by atoms with Gasteiger partial charge in [-0.2, -0.15) is 18.3 Å². The second-order valence-corrected chi connectivity index (χ2v) is 13.6. The van der Waals surface area contributed by atoms with Gasteiger partial charge in [-0.1, -0.05) is 18.2 Å². The van der Waals surface area contributed by atoms with Crippen molar-refractivity contribution in [2.24, 2.45) is 0 Å². The standard InChI is InChI=1S/C35H37F3N4O6S/c1-6-46-32(44)27-18-39-42(31(27)35(36,37)38)29-9-7-8-28(40-29)30-24(16-21(2)49-30)20-47-25-10-11-26(23(17-25)19-43)22-12-14-41(15-13-22)33(45)48-34(3,4)5/h7-12,16-18,43H,6,13-15,19-20H2,1-5H3. The average Bonchev–Trinajstić information content (AvgIpc) is 3.67. The van der Waals surface area contributed by atoms with Gasteiger partial charge in [0.2, 0.25) is 0 Å². The highest BCUT2D eigenvalue weighted by Gasteiger charge is 2.41. The van der Waals surface area contributed by atoms with Crippen LogP contribution in [0.5, 0.6) is 5.75 Å². The summed E-state index contributed by atoms with van der Waals surface area (Å²) in [4.78, 5) is 32.5. The van der Waals surface area contributed by atoms with Crippen LogP contribution in [-0.2, 0) is 28.9 Å². The molecule has 260 valence electrons. The molecule has 0 radical (unpaired) electrons. The van der Waals surface area contributed by atoms with Crippen LogP contribution in [0.4, 0.5) is 18.0 Å². The van der Waals surface area contributed by atoms with Crippen LogP contribution < -0.4 is 4.74 Å². The molecule has 0 bridgehead atoms. The van der Waals surface area contributed by atoms with Gasteiger partial charge in [0, 0.05) is 23.5 Å². The number of pyridine rings is 1. The van der Waals surface area contributed by atoms with E-state index in [1.807, 2.05) is 52.0 Å². The van der Waals surface area contributed by atoms with E-state index in [0.29, 0.717) is 46.1 Å². The van der Waals surface area contributed by atoms with Crippen molar-refractivity contribution in [2.45, 2.75) is 66.0 Å². The van der Waals surface area contributed by atoms with Crippen molar-refractivity contribution in [2.75, 3.05) is 19.7 Å². The molecular weight excluding hydrogens is 661 g/mol. The fraction of sp³-hybridized carbons (Fsp3) is 0.371. The molecule has 4 heterocycles. The zero-order valence-electron chi connectivity index (χ0n) is 27.8. The Balaban J connectivity index is 1.35. The van der Waals surface area contributed by atoms with Crippen LogP contribution in [0.15, 0.2) is 54.7 Å². The number of hydrogen-bond donors (Lipinski definition) is 1. The lowest BCUT2D eigenvalue weighted by Gasteiger charge is -2.30. The topological polar surface area (TPSA) is 116 Å². The van der Waals surface area contributed by atoms with Crippen molar-refractivity contribution < 1.29 is 42.1 Å². The van der Waals surface area contributed by atoms with Crippen molar-refractivity contribution in [1.29, 1.82) is 0 Å². The number of thiophene rings is 1. The molecule has 0 saturated heterocycles. The lowest BCUT2D eigenvalue weighted by atomic mass is 9.95. The summed E-state index contributed by atoms with van der Waals surface area (Å²) in [6.07, 6.45) is -1.87. The quantitative estimate of drug-likeness (QED) is 0.178. The number of aromatic nitrogens is 3. The van der Waals surface area contributed by atoms with E-state index in [-0.39, 0.29) is 31.7 Å². The van der Waals surface area contributed by atoms with Crippen LogP contribution >= 0.6 is 11.3 Å². The third-order valence-electron chi connectivity index (χ3n) is 7.50. The van der Waals surface area contributed by atoms with Crippen LogP contribution in [0.1, 0.15) is 71.7 Å². The summed E-state index contributed by atoms with van der Waals surface area (Å²) >= 11 is 1.41. The van der Waals surface area contributed by atoms with E-state index in [1.165, 1.54) is 24.3 Å². The lowest BCUT2D eigenvalue weighted by molar-refractivity contribution is -0.143. The van der Waals surface area contributed by atoms with Crippen LogP contribution in [0, 0.1) is 6.92 Å². The monoisotopic (exact) mass is 698 g/mol. The number of aliphatic hydroxyl groups is 1. The Hall–Kier alpha value is -4.69. The lowest BCUT2D eigenvalue weighted by Crippen LogP contribution is -2.39. The van der Waals surface area contributed by atoms with Crippen LogP contribution in [-0.4, -0.2) is 62.1 Å². The maximum absolute atomic E-state index is 14.1. The minimum Gasteiger partial charge on any atom is -0.489 e. The van der Waals surface area contributed by atoms with E-state index < -0.39 is 29.0 Å². The highest BCUT2D eigenvalue weighted by Crippen LogP contribution is 2.36. The molecule has 1 aliphatic rings. The van der Waals surface area contributed by atoms with Gasteiger partial charge in [-0.3, -0.25) is 0 Å². The van der Waals surface area contributed by atoms with Gasteiger partial charge in [0.1, 0.15) is 23.5 Å². The van der Waals surface area contributed by atoms with Gasteiger partial charge in [-0.25, -0.2) is 19.3 Å². The summed E-state index contributed by atoms with van der Waals surface area (Å²) in [5, 5.41) is 14.0. The molecule has 49 heavy (non-hydrogen) atoms. The molecule has 4 aromatic rings. The third kappa shape index (κ3) is 8.31. The number of benzene rings is 1. The van der Waals surface area contributed by atoms with E-state index in [1.54, 1.807) is 23.1 Å². The molecule has 3 aromatic heterocycles. The predicted molar refractivity (Wildman–Crippen MR) is 177 cm³/mol. The smallest absolute Gasteiger partial charge is 0.434 e. The molecule has 0 aliphatic carbocycles. The van der Waals surface area contributed by atoms with Gasteiger partial charge >= 0.3 is 18.2 Å². The van der Waals surface area contributed by atoms with Gasteiger partial charge < -0.3 is 24.2 Å². The molecule has 1 aliphatic heterocycles. The van der Waals surface area contributed by atoms with Crippen molar-refractivity contribution in [3.05, 3.63) is 87.6 Å². The Morgan fingerprint density at radius 2 is 1.86 bits per heavy atom. The number of aryl methyl sites for hydroxylation is 1. The summed E-state index contributed by atoms with van der Waals surface area (Å²) in [7, 11) is 0. The van der Waals surface area contributed by atoms with Crippen molar-refractivity contribution >= 4 is 29.0 Å². The van der Waals surface area contributed by atoms with Gasteiger partial charge in [-0.05, 0) is 88.1 Å². The Kier molecular flexibility index (Phi) is 10.5. The number of hydrogen-bond acceptors (Lipinski definition) is 9. The number of ether oxygens (including phenoxy) is 3. The predicted octanol–water partition coefficient (Wildman–Crippen LogP) is 7.60. The van der Waals surface area contributed by atoms with E-state index in [4.69, 9.17) is 14.2 Å². The van der Waals surface area contributed by atoms with E-state index in [0.717, 1.165) is 27.8 Å². The number of halogens is 3. The second kappa shape index (κ2) is 14.4. The fourth-order valence-corrected chi connectivity index (χ4v) is 6.37. The van der Waals surface area contributed by atoms with Crippen LogP contribution in [0.25, 0.3) is 22.0 Å². The zero-order chi connectivity index (χ0) is 35.5. The second-order valence-electron chi connectivity index (χ2n) is 12.3. The molecule has 0 saturated carbocycles. The van der Waals surface area contributed by atoms with E-state index in [2.05, 4.69) is 10.1 Å². The van der Waals surface area contributed by atoms with Gasteiger partial charge in [0.25, 0.3) is 0 Å². The number of carbonyl (C=O) groups excluding carboxylic acids is 2. The molecule has 1 N–H and O–H groups in total.